The summed E-state index contributed by atoms with van der Waals surface area (Å²) in [6.45, 7) is 4.09. The van der Waals surface area contributed by atoms with E-state index in [1.807, 2.05) is 25.1 Å². The SMILES string of the molecule is Cc1cc(NC(=O)CC2CCNCC2)ccc1Br. The molecule has 0 saturated carbocycles. The lowest BCUT2D eigenvalue weighted by molar-refractivity contribution is -0.117. The molecule has 1 fully saturated rings. The van der Waals surface area contributed by atoms with E-state index in [1.165, 1.54) is 0 Å². The lowest BCUT2D eigenvalue weighted by atomic mass is 9.94. The lowest BCUT2D eigenvalue weighted by Gasteiger charge is -2.21. The molecule has 0 bridgehead atoms. The molecule has 4 heteroatoms. The van der Waals surface area contributed by atoms with Crippen molar-refractivity contribution in [2.24, 2.45) is 5.92 Å². The van der Waals surface area contributed by atoms with Crippen LogP contribution in [0.2, 0.25) is 0 Å². The van der Waals surface area contributed by atoms with Gasteiger partial charge in [-0.15, -0.1) is 0 Å². The van der Waals surface area contributed by atoms with Crippen molar-refractivity contribution >= 4 is 27.5 Å². The van der Waals surface area contributed by atoms with Crippen molar-refractivity contribution in [3.05, 3.63) is 28.2 Å². The Hall–Kier alpha value is -0.870. The van der Waals surface area contributed by atoms with Crippen LogP contribution in [0.1, 0.15) is 24.8 Å². The van der Waals surface area contributed by atoms with Crippen LogP contribution in [-0.2, 0) is 4.79 Å². The Balaban J connectivity index is 1.88. The number of hydrogen-bond donors (Lipinski definition) is 2. The molecule has 1 saturated heterocycles. The second kappa shape index (κ2) is 6.34. The number of benzene rings is 1. The highest BCUT2D eigenvalue weighted by Gasteiger charge is 2.16. The van der Waals surface area contributed by atoms with Crippen LogP contribution in [0, 0.1) is 12.8 Å². The summed E-state index contributed by atoms with van der Waals surface area (Å²) in [6.07, 6.45) is 2.84. The Morgan fingerprint density at radius 3 is 2.83 bits per heavy atom. The number of nitrogens with one attached hydrogen (secondary N) is 2. The fraction of sp³-hybridized carbons (Fsp3) is 0.500. The van der Waals surface area contributed by atoms with Crippen molar-refractivity contribution in [3.63, 3.8) is 0 Å². The largest absolute Gasteiger partial charge is 0.326 e. The minimum atomic E-state index is 0.128. The third-order valence-corrected chi connectivity index (χ3v) is 4.26. The average molecular weight is 311 g/mol. The first-order valence-corrected chi connectivity index (χ1v) is 7.21. The first-order valence-electron chi connectivity index (χ1n) is 6.42. The summed E-state index contributed by atoms with van der Waals surface area (Å²) in [4.78, 5) is 11.9. The predicted octanol–water partition coefficient (Wildman–Crippen LogP) is 3.09. The van der Waals surface area contributed by atoms with Gasteiger partial charge in [0.05, 0.1) is 0 Å². The summed E-state index contributed by atoms with van der Waals surface area (Å²) in [5.41, 5.74) is 2.02. The molecule has 18 heavy (non-hydrogen) atoms. The highest BCUT2D eigenvalue weighted by atomic mass is 79.9. The van der Waals surface area contributed by atoms with Crippen molar-refractivity contribution in [3.8, 4) is 0 Å². The summed E-state index contributed by atoms with van der Waals surface area (Å²) < 4.78 is 1.07. The van der Waals surface area contributed by atoms with Crippen LogP contribution in [-0.4, -0.2) is 19.0 Å². The molecule has 0 aliphatic carbocycles. The number of carbonyl (C=O) groups excluding carboxylic acids is 1. The number of piperidine rings is 1. The first-order chi connectivity index (χ1) is 8.65. The number of aryl methyl sites for hydroxylation is 1. The molecule has 2 rings (SSSR count). The standard InChI is InChI=1S/C14H19BrN2O/c1-10-8-12(2-3-13(10)15)17-14(18)9-11-4-6-16-7-5-11/h2-3,8,11,16H,4-7,9H2,1H3,(H,17,18). The number of halogens is 1. The van der Waals surface area contributed by atoms with E-state index in [1.54, 1.807) is 0 Å². The highest BCUT2D eigenvalue weighted by molar-refractivity contribution is 9.10. The van der Waals surface area contributed by atoms with Gasteiger partial charge in [-0.05, 0) is 62.5 Å². The highest BCUT2D eigenvalue weighted by Crippen LogP contribution is 2.21. The lowest BCUT2D eigenvalue weighted by Crippen LogP contribution is -2.30. The monoisotopic (exact) mass is 310 g/mol. The van der Waals surface area contributed by atoms with Crippen LogP contribution in [0.3, 0.4) is 0 Å². The molecule has 1 aliphatic rings. The molecular weight excluding hydrogens is 292 g/mol. The van der Waals surface area contributed by atoms with Crippen LogP contribution in [0.5, 0.6) is 0 Å². The zero-order valence-electron chi connectivity index (χ0n) is 10.6. The van der Waals surface area contributed by atoms with Crippen molar-refractivity contribution in [2.75, 3.05) is 18.4 Å². The van der Waals surface area contributed by atoms with E-state index in [4.69, 9.17) is 0 Å². The van der Waals surface area contributed by atoms with Gasteiger partial charge in [-0.25, -0.2) is 0 Å². The molecule has 1 amide bonds. The summed E-state index contributed by atoms with van der Waals surface area (Å²) in [5.74, 6) is 0.659. The third-order valence-electron chi connectivity index (χ3n) is 3.37. The van der Waals surface area contributed by atoms with Crippen LogP contribution in [0.25, 0.3) is 0 Å². The number of hydrogen-bond acceptors (Lipinski definition) is 2. The fourth-order valence-electron chi connectivity index (χ4n) is 2.28. The second-order valence-corrected chi connectivity index (χ2v) is 5.76. The van der Waals surface area contributed by atoms with Crippen molar-refractivity contribution < 1.29 is 4.79 Å². The van der Waals surface area contributed by atoms with Crippen LogP contribution >= 0.6 is 15.9 Å². The van der Waals surface area contributed by atoms with Crippen molar-refractivity contribution in [1.29, 1.82) is 0 Å². The van der Waals surface area contributed by atoms with Gasteiger partial charge in [0, 0.05) is 16.6 Å². The van der Waals surface area contributed by atoms with E-state index in [-0.39, 0.29) is 5.91 Å². The molecule has 1 aromatic carbocycles. The quantitative estimate of drug-likeness (QED) is 0.901. The summed E-state index contributed by atoms with van der Waals surface area (Å²) in [6, 6.07) is 5.89. The first kappa shape index (κ1) is 13.6. The van der Waals surface area contributed by atoms with Gasteiger partial charge in [0.25, 0.3) is 0 Å². The summed E-state index contributed by atoms with van der Waals surface area (Å²) in [5, 5.41) is 6.29. The Bertz CT molecular complexity index is 428. The summed E-state index contributed by atoms with van der Waals surface area (Å²) >= 11 is 3.46. The molecule has 0 atom stereocenters. The normalized spacial score (nSPS) is 16.6. The van der Waals surface area contributed by atoms with Gasteiger partial charge in [0.15, 0.2) is 0 Å². The Morgan fingerprint density at radius 1 is 1.44 bits per heavy atom. The van der Waals surface area contributed by atoms with Crippen LogP contribution in [0.4, 0.5) is 5.69 Å². The van der Waals surface area contributed by atoms with E-state index in [9.17, 15) is 4.79 Å². The molecule has 1 aromatic rings. The molecule has 0 radical (unpaired) electrons. The maximum atomic E-state index is 11.9. The van der Waals surface area contributed by atoms with Gasteiger partial charge < -0.3 is 10.6 Å². The molecule has 0 aromatic heterocycles. The number of amides is 1. The minimum Gasteiger partial charge on any atom is -0.326 e. The number of carbonyl (C=O) groups is 1. The molecule has 1 aliphatic heterocycles. The maximum Gasteiger partial charge on any atom is 0.224 e. The smallest absolute Gasteiger partial charge is 0.224 e. The number of anilines is 1. The molecular formula is C14H19BrN2O. The molecule has 2 N–H and O–H groups in total. The zero-order valence-corrected chi connectivity index (χ0v) is 12.2. The van der Waals surface area contributed by atoms with Crippen molar-refractivity contribution in [1.82, 2.24) is 5.32 Å². The zero-order chi connectivity index (χ0) is 13.0. The van der Waals surface area contributed by atoms with Gasteiger partial charge in [0.1, 0.15) is 0 Å². The Labute approximate surface area is 116 Å². The molecule has 0 spiro atoms. The van der Waals surface area contributed by atoms with Crippen LogP contribution < -0.4 is 10.6 Å². The van der Waals surface area contributed by atoms with E-state index >= 15 is 0 Å². The number of rotatable bonds is 3. The fourth-order valence-corrected chi connectivity index (χ4v) is 2.53. The molecule has 98 valence electrons. The Morgan fingerprint density at radius 2 is 2.17 bits per heavy atom. The van der Waals surface area contributed by atoms with Gasteiger partial charge in [-0.3, -0.25) is 4.79 Å². The van der Waals surface area contributed by atoms with Gasteiger partial charge in [-0.1, -0.05) is 15.9 Å². The molecule has 0 unspecified atom stereocenters. The summed E-state index contributed by atoms with van der Waals surface area (Å²) in [7, 11) is 0. The predicted molar refractivity (Wildman–Crippen MR) is 77.7 cm³/mol. The second-order valence-electron chi connectivity index (χ2n) is 4.91. The van der Waals surface area contributed by atoms with E-state index in [0.717, 1.165) is 41.7 Å². The van der Waals surface area contributed by atoms with Gasteiger partial charge in [-0.2, -0.15) is 0 Å². The van der Waals surface area contributed by atoms with E-state index in [2.05, 4.69) is 26.6 Å². The van der Waals surface area contributed by atoms with E-state index < -0.39 is 0 Å². The van der Waals surface area contributed by atoms with Gasteiger partial charge >= 0.3 is 0 Å². The van der Waals surface area contributed by atoms with Crippen LogP contribution in [0.15, 0.2) is 22.7 Å². The van der Waals surface area contributed by atoms with E-state index in [0.29, 0.717) is 12.3 Å². The van der Waals surface area contributed by atoms with Gasteiger partial charge in [0.2, 0.25) is 5.91 Å². The Kier molecular flexibility index (Phi) is 4.78. The van der Waals surface area contributed by atoms with Crippen molar-refractivity contribution in [2.45, 2.75) is 26.2 Å². The third kappa shape index (κ3) is 3.82. The average Bonchev–Trinajstić information content (AvgIpc) is 2.35. The minimum absolute atomic E-state index is 0.128. The molecule has 1 heterocycles. The topological polar surface area (TPSA) is 41.1 Å². The molecule has 3 nitrogen and oxygen atoms in total. The maximum absolute atomic E-state index is 11.9.